The molecule has 0 saturated heterocycles. The Morgan fingerprint density at radius 3 is 2.85 bits per heavy atom. The van der Waals surface area contributed by atoms with E-state index in [1.165, 1.54) is 0 Å². The quantitative estimate of drug-likeness (QED) is 0.869. The highest BCUT2D eigenvalue weighted by Crippen LogP contribution is 2.22. The molecule has 0 aliphatic rings. The van der Waals surface area contributed by atoms with Gasteiger partial charge in [-0.3, -0.25) is 0 Å². The third-order valence-electron chi connectivity index (χ3n) is 2.81. The molecule has 1 aromatic carbocycles. The van der Waals surface area contributed by atoms with Crippen LogP contribution < -0.4 is 10.1 Å². The molecular formula is C15H19BrN2O2. The Kier molecular flexibility index (Phi) is 5.20. The van der Waals surface area contributed by atoms with Crippen LogP contribution in [0, 0.1) is 6.92 Å². The van der Waals surface area contributed by atoms with Crippen LogP contribution in [0.25, 0.3) is 0 Å². The van der Waals surface area contributed by atoms with E-state index in [0.717, 1.165) is 27.2 Å². The van der Waals surface area contributed by atoms with E-state index in [1.54, 1.807) is 0 Å². The number of rotatable bonds is 6. The average Bonchev–Trinajstić information content (AvgIpc) is 2.86. The van der Waals surface area contributed by atoms with Crippen LogP contribution in [0.1, 0.15) is 30.9 Å². The van der Waals surface area contributed by atoms with Crippen molar-refractivity contribution in [3.63, 3.8) is 0 Å². The van der Waals surface area contributed by atoms with E-state index in [9.17, 15) is 0 Å². The first kappa shape index (κ1) is 15.1. The Morgan fingerprint density at radius 1 is 1.35 bits per heavy atom. The predicted octanol–water partition coefficient (Wildman–Crippen LogP) is 3.82. The summed E-state index contributed by atoms with van der Waals surface area (Å²) < 4.78 is 12.0. The molecular weight excluding hydrogens is 320 g/mol. The first-order valence-corrected chi connectivity index (χ1v) is 7.40. The van der Waals surface area contributed by atoms with Crippen LogP contribution in [0.5, 0.6) is 5.75 Å². The molecule has 0 aliphatic carbocycles. The average molecular weight is 339 g/mol. The maximum atomic E-state index is 5.69. The van der Waals surface area contributed by atoms with E-state index in [4.69, 9.17) is 9.26 Å². The number of aryl methyl sites for hydroxylation is 1. The SMILES string of the molecule is Cc1cc(OCc2cc(CNC(C)C)no2)ccc1Br. The second-order valence-corrected chi connectivity index (χ2v) is 5.87. The Labute approximate surface area is 127 Å². The van der Waals surface area contributed by atoms with Crippen molar-refractivity contribution in [1.29, 1.82) is 0 Å². The number of hydrogen-bond acceptors (Lipinski definition) is 4. The molecule has 4 nitrogen and oxygen atoms in total. The van der Waals surface area contributed by atoms with Gasteiger partial charge in [-0.25, -0.2) is 0 Å². The normalized spacial score (nSPS) is 11.1. The fourth-order valence-electron chi connectivity index (χ4n) is 1.68. The van der Waals surface area contributed by atoms with Crippen LogP contribution in [0.3, 0.4) is 0 Å². The van der Waals surface area contributed by atoms with Crippen LogP contribution in [-0.2, 0) is 13.2 Å². The Bertz CT molecular complexity index is 567. The number of nitrogens with zero attached hydrogens (tertiary/aromatic N) is 1. The zero-order chi connectivity index (χ0) is 14.5. The van der Waals surface area contributed by atoms with Crippen LogP contribution in [0.2, 0.25) is 0 Å². The van der Waals surface area contributed by atoms with E-state index in [2.05, 4.69) is 40.3 Å². The van der Waals surface area contributed by atoms with E-state index in [-0.39, 0.29) is 0 Å². The van der Waals surface area contributed by atoms with Crippen LogP contribution in [0.15, 0.2) is 33.3 Å². The second-order valence-electron chi connectivity index (χ2n) is 5.02. The molecule has 0 amide bonds. The molecule has 5 heteroatoms. The Hall–Kier alpha value is -1.33. The van der Waals surface area contributed by atoms with Gasteiger partial charge in [0.25, 0.3) is 0 Å². The molecule has 0 bridgehead atoms. The van der Waals surface area contributed by atoms with Gasteiger partial charge in [0.1, 0.15) is 12.4 Å². The van der Waals surface area contributed by atoms with Gasteiger partial charge in [0.2, 0.25) is 0 Å². The van der Waals surface area contributed by atoms with Gasteiger partial charge in [-0.05, 0) is 30.7 Å². The number of ether oxygens (including phenoxy) is 1. The molecule has 0 unspecified atom stereocenters. The van der Waals surface area contributed by atoms with Crippen molar-refractivity contribution < 1.29 is 9.26 Å². The number of hydrogen-bond donors (Lipinski definition) is 1. The minimum Gasteiger partial charge on any atom is -0.486 e. The monoisotopic (exact) mass is 338 g/mol. The number of halogens is 1. The zero-order valence-corrected chi connectivity index (χ0v) is 13.5. The highest BCUT2D eigenvalue weighted by atomic mass is 79.9. The molecule has 0 atom stereocenters. The number of benzene rings is 1. The maximum absolute atomic E-state index is 5.69. The van der Waals surface area contributed by atoms with Crippen molar-refractivity contribution in [3.05, 3.63) is 45.8 Å². The summed E-state index contributed by atoms with van der Waals surface area (Å²) in [7, 11) is 0. The standard InChI is InChI=1S/C15H19BrN2O2/c1-10(2)17-8-12-7-14(20-18-12)9-19-13-4-5-15(16)11(3)6-13/h4-7,10,17H,8-9H2,1-3H3. The van der Waals surface area contributed by atoms with Crippen LogP contribution >= 0.6 is 15.9 Å². The molecule has 1 aromatic heterocycles. The van der Waals surface area contributed by atoms with Crippen LogP contribution in [0.4, 0.5) is 0 Å². The summed E-state index contributed by atoms with van der Waals surface area (Å²) >= 11 is 3.47. The molecule has 1 heterocycles. The predicted molar refractivity (Wildman–Crippen MR) is 81.7 cm³/mol. The fraction of sp³-hybridized carbons (Fsp3) is 0.400. The van der Waals surface area contributed by atoms with Gasteiger partial charge in [-0.1, -0.05) is 34.9 Å². The second kappa shape index (κ2) is 6.90. The van der Waals surface area contributed by atoms with Gasteiger partial charge in [-0.15, -0.1) is 0 Å². The van der Waals surface area contributed by atoms with E-state index in [0.29, 0.717) is 19.2 Å². The summed E-state index contributed by atoms with van der Waals surface area (Å²) in [5.41, 5.74) is 2.03. The van der Waals surface area contributed by atoms with E-state index in [1.807, 2.05) is 31.2 Å². The zero-order valence-electron chi connectivity index (χ0n) is 11.9. The molecule has 2 rings (SSSR count). The molecule has 2 aromatic rings. The summed E-state index contributed by atoms with van der Waals surface area (Å²) in [6.45, 7) is 7.31. The van der Waals surface area contributed by atoms with Gasteiger partial charge < -0.3 is 14.6 Å². The van der Waals surface area contributed by atoms with Gasteiger partial charge in [0, 0.05) is 23.1 Å². The molecule has 0 radical (unpaired) electrons. The van der Waals surface area contributed by atoms with Crippen molar-refractivity contribution in [3.8, 4) is 5.75 Å². The molecule has 20 heavy (non-hydrogen) atoms. The van der Waals surface area contributed by atoms with Crippen molar-refractivity contribution in [2.45, 2.75) is 40.0 Å². The highest BCUT2D eigenvalue weighted by molar-refractivity contribution is 9.10. The maximum Gasteiger partial charge on any atom is 0.174 e. The lowest BCUT2D eigenvalue weighted by molar-refractivity contribution is 0.248. The van der Waals surface area contributed by atoms with Gasteiger partial charge in [0.05, 0.1) is 5.69 Å². The summed E-state index contributed by atoms with van der Waals surface area (Å²) in [5, 5.41) is 7.30. The topological polar surface area (TPSA) is 47.3 Å². The third kappa shape index (κ3) is 4.35. The van der Waals surface area contributed by atoms with Crippen molar-refractivity contribution >= 4 is 15.9 Å². The molecule has 0 fully saturated rings. The molecule has 108 valence electrons. The summed E-state index contributed by atoms with van der Waals surface area (Å²) in [4.78, 5) is 0. The summed E-state index contributed by atoms with van der Waals surface area (Å²) in [5.74, 6) is 1.55. The van der Waals surface area contributed by atoms with E-state index >= 15 is 0 Å². The number of nitrogens with one attached hydrogen (secondary N) is 1. The van der Waals surface area contributed by atoms with E-state index < -0.39 is 0 Å². The van der Waals surface area contributed by atoms with Gasteiger partial charge >= 0.3 is 0 Å². The highest BCUT2D eigenvalue weighted by Gasteiger charge is 2.06. The lowest BCUT2D eigenvalue weighted by Crippen LogP contribution is -2.21. The van der Waals surface area contributed by atoms with Crippen molar-refractivity contribution in [1.82, 2.24) is 10.5 Å². The largest absolute Gasteiger partial charge is 0.486 e. The number of aromatic nitrogens is 1. The summed E-state index contributed by atoms with van der Waals surface area (Å²) in [6, 6.07) is 8.23. The lowest BCUT2D eigenvalue weighted by atomic mass is 10.2. The molecule has 1 N–H and O–H groups in total. The minimum absolute atomic E-state index is 0.385. The van der Waals surface area contributed by atoms with Gasteiger partial charge in [0.15, 0.2) is 5.76 Å². The fourth-order valence-corrected chi connectivity index (χ4v) is 1.92. The third-order valence-corrected chi connectivity index (χ3v) is 3.70. The first-order chi connectivity index (χ1) is 9.54. The van der Waals surface area contributed by atoms with Crippen molar-refractivity contribution in [2.24, 2.45) is 0 Å². The van der Waals surface area contributed by atoms with Crippen LogP contribution in [-0.4, -0.2) is 11.2 Å². The summed E-state index contributed by atoms with van der Waals surface area (Å²) in [6.07, 6.45) is 0. The molecule has 0 saturated carbocycles. The van der Waals surface area contributed by atoms with Gasteiger partial charge in [-0.2, -0.15) is 0 Å². The molecule has 0 aliphatic heterocycles. The Morgan fingerprint density at radius 2 is 2.15 bits per heavy atom. The smallest absolute Gasteiger partial charge is 0.174 e. The van der Waals surface area contributed by atoms with Crippen molar-refractivity contribution in [2.75, 3.05) is 0 Å². The minimum atomic E-state index is 0.385. The Balaban J connectivity index is 1.89. The lowest BCUT2D eigenvalue weighted by Gasteiger charge is -2.05. The molecule has 0 spiro atoms. The first-order valence-electron chi connectivity index (χ1n) is 6.61.